The molecule has 4 nitrogen and oxygen atoms in total. The van der Waals surface area contributed by atoms with Gasteiger partial charge in [-0.05, 0) is 58.4 Å². The van der Waals surface area contributed by atoms with Crippen molar-refractivity contribution in [3.63, 3.8) is 0 Å². The SMILES string of the molecule is Cc1occc1C(=O)/C(C#N)=C/c1cc(C)n(C(C)C)c1C. The van der Waals surface area contributed by atoms with Crippen molar-refractivity contribution in [2.24, 2.45) is 0 Å². The molecule has 2 aromatic heterocycles. The fourth-order valence-electron chi connectivity index (χ4n) is 2.81. The number of ketones is 1. The highest BCUT2D eigenvalue weighted by molar-refractivity contribution is 6.14. The fraction of sp³-hybridized carbons (Fsp3) is 0.333. The minimum absolute atomic E-state index is 0.119. The summed E-state index contributed by atoms with van der Waals surface area (Å²) >= 11 is 0. The van der Waals surface area contributed by atoms with Crippen LogP contribution in [-0.4, -0.2) is 10.4 Å². The van der Waals surface area contributed by atoms with E-state index in [0.29, 0.717) is 17.4 Å². The van der Waals surface area contributed by atoms with Gasteiger partial charge in [0.05, 0.1) is 11.8 Å². The molecule has 0 radical (unpaired) electrons. The van der Waals surface area contributed by atoms with Crippen molar-refractivity contribution < 1.29 is 9.21 Å². The molecular weight excluding hydrogens is 276 g/mol. The molecule has 0 N–H and O–H groups in total. The number of hydrogen-bond donors (Lipinski definition) is 0. The minimum Gasteiger partial charge on any atom is -0.469 e. The lowest BCUT2D eigenvalue weighted by Gasteiger charge is -2.13. The smallest absolute Gasteiger partial charge is 0.207 e. The molecule has 0 atom stereocenters. The third-order valence-electron chi connectivity index (χ3n) is 3.81. The van der Waals surface area contributed by atoms with Crippen LogP contribution in [-0.2, 0) is 0 Å². The van der Waals surface area contributed by atoms with Gasteiger partial charge < -0.3 is 8.98 Å². The zero-order valence-electron chi connectivity index (χ0n) is 13.6. The number of rotatable bonds is 4. The molecular formula is C18H20N2O2. The molecule has 2 aromatic rings. The number of carbonyl (C=O) groups excluding carboxylic acids is 1. The van der Waals surface area contributed by atoms with Crippen molar-refractivity contribution in [2.75, 3.05) is 0 Å². The summed E-state index contributed by atoms with van der Waals surface area (Å²) in [7, 11) is 0. The second-order valence-electron chi connectivity index (χ2n) is 5.68. The van der Waals surface area contributed by atoms with E-state index in [-0.39, 0.29) is 11.4 Å². The molecule has 0 amide bonds. The van der Waals surface area contributed by atoms with Gasteiger partial charge in [-0.2, -0.15) is 5.26 Å². The van der Waals surface area contributed by atoms with Gasteiger partial charge in [0, 0.05) is 17.4 Å². The van der Waals surface area contributed by atoms with E-state index < -0.39 is 0 Å². The van der Waals surface area contributed by atoms with E-state index >= 15 is 0 Å². The number of allylic oxidation sites excluding steroid dienone is 1. The highest BCUT2D eigenvalue weighted by Crippen LogP contribution is 2.23. The molecule has 0 aliphatic rings. The Bertz CT molecular complexity index is 783. The second-order valence-corrected chi connectivity index (χ2v) is 5.68. The Labute approximate surface area is 130 Å². The first-order valence-corrected chi connectivity index (χ1v) is 7.25. The van der Waals surface area contributed by atoms with E-state index in [1.165, 1.54) is 6.26 Å². The Kier molecular flexibility index (Phi) is 4.37. The predicted molar refractivity (Wildman–Crippen MR) is 85.7 cm³/mol. The summed E-state index contributed by atoms with van der Waals surface area (Å²) in [6.45, 7) is 9.96. The number of nitriles is 1. The highest BCUT2D eigenvalue weighted by Gasteiger charge is 2.18. The van der Waals surface area contributed by atoms with Gasteiger partial charge in [-0.25, -0.2) is 0 Å². The molecule has 0 unspecified atom stereocenters. The summed E-state index contributed by atoms with van der Waals surface area (Å²) in [5.41, 5.74) is 3.62. The molecule has 0 fully saturated rings. The van der Waals surface area contributed by atoms with E-state index in [0.717, 1.165) is 17.0 Å². The zero-order chi connectivity index (χ0) is 16.4. The summed E-state index contributed by atoms with van der Waals surface area (Å²) < 4.78 is 7.34. The van der Waals surface area contributed by atoms with Crippen LogP contribution in [0.4, 0.5) is 0 Å². The number of Topliss-reactive ketones (excluding diaryl/α,β-unsaturated/α-hetero) is 1. The van der Waals surface area contributed by atoms with Crippen LogP contribution in [0.5, 0.6) is 0 Å². The van der Waals surface area contributed by atoms with Crippen molar-refractivity contribution in [3.8, 4) is 6.07 Å². The number of aromatic nitrogens is 1. The maximum Gasteiger partial charge on any atom is 0.207 e. The van der Waals surface area contributed by atoms with Crippen LogP contribution in [0.2, 0.25) is 0 Å². The molecule has 0 aliphatic heterocycles. The monoisotopic (exact) mass is 296 g/mol. The van der Waals surface area contributed by atoms with Gasteiger partial charge in [-0.3, -0.25) is 4.79 Å². The van der Waals surface area contributed by atoms with E-state index in [4.69, 9.17) is 4.42 Å². The number of hydrogen-bond acceptors (Lipinski definition) is 3. The molecule has 0 aromatic carbocycles. The Morgan fingerprint density at radius 2 is 2.05 bits per heavy atom. The molecule has 114 valence electrons. The minimum atomic E-state index is -0.303. The summed E-state index contributed by atoms with van der Waals surface area (Å²) in [6.07, 6.45) is 3.12. The summed E-state index contributed by atoms with van der Waals surface area (Å²) in [6, 6.07) is 5.94. The van der Waals surface area contributed by atoms with Crippen LogP contribution < -0.4 is 0 Å². The number of carbonyl (C=O) groups is 1. The maximum absolute atomic E-state index is 12.4. The van der Waals surface area contributed by atoms with Gasteiger partial charge in [-0.15, -0.1) is 0 Å². The number of furan rings is 1. The van der Waals surface area contributed by atoms with E-state index in [1.54, 1.807) is 19.1 Å². The van der Waals surface area contributed by atoms with Crippen LogP contribution >= 0.6 is 0 Å². The average Bonchev–Trinajstić information content (AvgIpc) is 2.99. The van der Waals surface area contributed by atoms with Gasteiger partial charge in [0.25, 0.3) is 0 Å². The molecule has 22 heavy (non-hydrogen) atoms. The first-order chi connectivity index (χ1) is 10.4. The van der Waals surface area contributed by atoms with E-state index in [1.807, 2.05) is 26.0 Å². The van der Waals surface area contributed by atoms with Crippen LogP contribution in [0.25, 0.3) is 6.08 Å². The van der Waals surface area contributed by atoms with E-state index in [9.17, 15) is 10.1 Å². The van der Waals surface area contributed by atoms with Gasteiger partial charge in [0.2, 0.25) is 5.78 Å². The van der Waals surface area contributed by atoms with Crippen molar-refractivity contribution >= 4 is 11.9 Å². The van der Waals surface area contributed by atoms with Crippen LogP contribution in [0, 0.1) is 32.1 Å². The first kappa shape index (κ1) is 15.8. The van der Waals surface area contributed by atoms with Crippen LogP contribution in [0.1, 0.15) is 53.0 Å². The fourth-order valence-corrected chi connectivity index (χ4v) is 2.81. The zero-order valence-corrected chi connectivity index (χ0v) is 13.6. The van der Waals surface area contributed by atoms with Gasteiger partial charge >= 0.3 is 0 Å². The standard InChI is InChI=1S/C18H20N2O2/c1-11(2)20-12(3)8-15(13(20)4)9-16(10-19)18(21)17-6-7-22-14(17)5/h6-9,11H,1-5H3/b16-9+. The number of aryl methyl sites for hydroxylation is 2. The van der Waals surface area contributed by atoms with Crippen molar-refractivity contribution in [1.82, 2.24) is 4.57 Å². The van der Waals surface area contributed by atoms with Crippen molar-refractivity contribution in [2.45, 2.75) is 40.7 Å². The maximum atomic E-state index is 12.4. The normalized spacial score (nSPS) is 11.8. The quantitative estimate of drug-likeness (QED) is 0.478. The molecule has 4 heteroatoms. The molecule has 0 saturated heterocycles. The summed E-state index contributed by atoms with van der Waals surface area (Å²) in [5, 5.41) is 9.35. The Hall–Kier alpha value is -2.54. The third-order valence-corrected chi connectivity index (χ3v) is 3.81. The molecule has 0 spiro atoms. The summed E-state index contributed by atoms with van der Waals surface area (Å²) in [5.74, 6) is 0.224. The molecule has 2 heterocycles. The third kappa shape index (κ3) is 2.75. The van der Waals surface area contributed by atoms with Gasteiger partial charge in [0.1, 0.15) is 17.4 Å². The molecule has 0 saturated carbocycles. The van der Waals surface area contributed by atoms with Gasteiger partial charge in [-0.1, -0.05) is 0 Å². The van der Waals surface area contributed by atoms with Crippen molar-refractivity contribution in [1.29, 1.82) is 5.26 Å². The highest BCUT2D eigenvalue weighted by atomic mass is 16.3. The average molecular weight is 296 g/mol. The van der Waals surface area contributed by atoms with Crippen LogP contribution in [0.15, 0.2) is 28.4 Å². The van der Waals surface area contributed by atoms with Crippen molar-refractivity contribution in [3.05, 3.63) is 52.2 Å². The Morgan fingerprint density at radius 1 is 1.36 bits per heavy atom. The van der Waals surface area contributed by atoms with Gasteiger partial charge in [0.15, 0.2) is 0 Å². The van der Waals surface area contributed by atoms with Crippen LogP contribution in [0.3, 0.4) is 0 Å². The lowest BCUT2D eigenvalue weighted by Crippen LogP contribution is -2.05. The summed E-state index contributed by atoms with van der Waals surface area (Å²) in [4.78, 5) is 12.4. The lowest BCUT2D eigenvalue weighted by atomic mass is 10.0. The second kappa shape index (κ2) is 6.07. The Balaban J connectivity index is 2.47. The number of nitrogens with zero attached hydrogens (tertiary/aromatic N) is 2. The topological polar surface area (TPSA) is 58.9 Å². The molecule has 2 rings (SSSR count). The molecule has 0 aliphatic carbocycles. The first-order valence-electron chi connectivity index (χ1n) is 7.25. The van der Waals surface area contributed by atoms with E-state index in [2.05, 4.69) is 18.4 Å². The lowest BCUT2D eigenvalue weighted by molar-refractivity contribution is 0.103. The largest absolute Gasteiger partial charge is 0.469 e. The predicted octanol–water partition coefficient (Wildman–Crippen LogP) is 4.38. The Morgan fingerprint density at radius 3 is 2.50 bits per heavy atom. The molecule has 0 bridgehead atoms.